The molecule has 3 N–H and O–H groups in total. The minimum atomic E-state index is -0.277. The van der Waals surface area contributed by atoms with Crippen LogP contribution in [0.25, 0.3) is 11.0 Å². The van der Waals surface area contributed by atoms with Gasteiger partial charge in [0.05, 0.1) is 24.0 Å². The quantitative estimate of drug-likeness (QED) is 0.132. The van der Waals surface area contributed by atoms with Crippen LogP contribution in [0, 0.1) is 12.7 Å². The highest BCUT2D eigenvalue weighted by Gasteiger charge is 2.27. The predicted octanol–water partition coefficient (Wildman–Crippen LogP) is 4.63. The third-order valence-electron chi connectivity index (χ3n) is 13.4. The molecule has 1 saturated carbocycles. The molecule has 7 heterocycles. The van der Waals surface area contributed by atoms with Gasteiger partial charge in [-0.3, -0.25) is 28.8 Å². The van der Waals surface area contributed by atoms with Crippen LogP contribution < -0.4 is 36.2 Å². The molecule has 0 bridgehead atoms. The third-order valence-corrected chi connectivity index (χ3v) is 13.4. The Balaban J connectivity index is 0.691. The lowest BCUT2D eigenvalue weighted by atomic mass is 10.0. The SMILES string of the molecule is CC(=O)c1c(C)c2cnc(Nc3ccc(N4CCN(CC(=O)NCCN5CCN(c6cc(N[C@@H]7CCCN(c8cccc(F)c8)C7)ncn6)CC5)CC4)cn3)nc2n(C2CCCC2)c1=O. The third kappa shape index (κ3) is 10.3. The van der Waals surface area contributed by atoms with E-state index >= 15 is 0 Å². The number of nitrogens with one attached hydrogen (secondary N) is 3. The molecule has 4 aromatic heterocycles. The molecule has 342 valence electrons. The summed E-state index contributed by atoms with van der Waals surface area (Å²) < 4.78 is 15.6. The molecule has 65 heavy (non-hydrogen) atoms. The Kier molecular flexibility index (Phi) is 13.4. The number of anilines is 6. The standard InChI is InChI=1S/C47H59FN14O3/c1-32-39-28-51-47(56-45(39)62(36-9-3-4-10-36)46(65)44(32)33(2)63)55-40-13-12-38(27-50-40)59-21-19-58(20-22-59)30-43(64)49-14-16-57-17-23-60(24-18-57)42-26-41(52-31-53-42)54-35-8-6-15-61(29-35)37-11-5-7-34(48)25-37/h5,7,11-13,25-28,31,35-36H,3-4,6,8-10,14-24,29-30H2,1-2H3,(H,49,64)(H,52,53,54)(H,50,51,55,56)/t35-/m1/s1. The zero-order valence-corrected chi connectivity index (χ0v) is 37.4. The van der Waals surface area contributed by atoms with E-state index in [0.29, 0.717) is 41.5 Å². The minimum Gasteiger partial charge on any atom is -0.369 e. The van der Waals surface area contributed by atoms with E-state index in [2.05, 4.69) is 60.4 Å². The Hall–Kier alpha value is -6.27. The number of carbonyl (C=O) groups is 2. The molecular weight excluding hydrogens is 828 g/mol. The summed E-state index contributed by atoms with van der Waals surface area (Å²) in [6.45, 7) is 13.2. The highest BCUT2D eigenvalue weighted by molar-refractivity contribution is 5.99. The summed E-state index contributed by atoms with van der Waals surface area (Å²) in [7, 11) is 0. The van der Waals surface area contributed by atoms with E-state index in [1.807, 2.05) is 30.5 Å². The van der Waals surface area contributed by atoms with Gasteiger partial charge in [-0.25, -0.2) is 24.3 Å². The monoisotopic (exact) mass is 886 g/mol. The second-order valence-corrected chi connectivity index (χ2v) is 17.7. The molecule has 1 atom stereocenters. The second kappa shape index (κ2) is 19.9. The van der Waals surface area contributed by atoms with Crippen LogP contribution in [-0.2, 0) is 4.79 Å². The molecule has 0 unspecified atom stereocenters. The van der Waals surface area contributed by atoms with Crippen LogP contribution in [0.4, 0.5) is 39.2 Å². The highest BCUT2D eigenvalue weighted by atomic mass is 19.1. The van der Waals surface area contributed by atoms with Gasteiger partial charge in [0.2, 0.25) is 11.9 Å². The molecule has 4 fully saturated rings. The number of Topliss-reactive ketones (excluding diaryl/α,β-unsaturated/α-hetero) is 1. The van der Waals surface area contributed by atoms with E-state index in [0.717, 1.165) is 134 Å². The molecule has 1 amide bonds. The van der Waals surface area contributed by atoms with Gasteiger partial charge >= 0.3 is 0 Å². The summed E-state index contributed by atoms with van der Waals surface area (Å²) in [5, 5.41) is 10.6. The Labute approximate surface area is 378 Å². The zero-order valence-electron chi connectivity index (χ0n) is 37.4. The van der Waals surface area contributed by atoms with Crippen LogP contribution in [-0.4, -0.2) is 142 Å². The molecule has 17 nitrogen and oxygen atoms in total. The van der Waals surface area contributed by atoms with Crippen LogP contribution in [0.2, 0.25) is 0 Å². The first kappa shape index (κ1) is 44.0. The Bertz CT molecular complexity index is 2530. The number of aryl methyl sites for hydroxylation is 1. The van der Waals surface area contributed by atoms with Crippen molar-refractivity contribution < 1.29 is 14.0 Å². The zero-order chi connectivity index (χ0) is 44.9. The van der Waals surface area contributed by atoms with Crippen molar-refractivity contribution in [3.63, 3.8) is 0 Å². The number of rotatable bonds is 14. The molecule has 9 rings (SSSR count). The van der Waals surface area contributed by atoms with Gasteiger partial charge in [0.15, 0.2) is 5.78 Å². The first-order valence-electron chi connectivity index (χ1n) is 23.1. The summed E-state index contributed by atoms with van der Waals surface area (Å²) in [6.07, 6.45) is 11.0. The van der Waals surface area contributed by atoms with Crippen molar-refractivity contribution in [1.29, 1.82) is 0 Å². The van der Waals surface area contributed by atoms with Crippen molar-refractivity contribution in [3.05, 3.63) is 88.5 Å². The van der Waals surface area contributed by atoms with Crippen LogP contribution in [0.3, 0.4) is 0 Å². The molecule has 1 aliphatic carbocycles. The largest absolute Gasteiger partial charge is 0.369 e. The number of nitrogens with zero attached hydrogens (tertiary/aromatic N) is 11. The summed E-state index contributed by atoms with van der Waals surface area (Å²) >= 11 is 0. The van der Waals surface area contributed by atoms with Crippen LogP contribution in [0.15, 0.2) is 66.0 Å². The fourth-order valence-electron chi connectivity index (χ4n) is 9.86. The number of ketones is 1. The van der Waals surface area contributed by atoms with Crippen LogP contribution >= 0.6 is 0 Å². The van der Waals surface area contributed by atoms with Gasteiger partial charge in [-0.1, -0.05) is 18.9 Å². The average molecular weight is 887 g/mol. The van der Waals surface area contributed by atoms with Gasteiger partial charge in [-0.15, -0.1) is 0 Å². The number of fused-ring (bicyclic) bond motifs is 1. The van der Waals surface area contributed by atoms with Crippen molar-refractivity contribution in [1.82, 2.24) is 44.6 Å². The highest BCUT2D eigenvalue weighted by Crippen LogP contribution is 2.32. The fourth-order valence-corrected chi connectivity index (χ4v) is 9.86. The topological polar surface area (TPSA) is 173 Å². The lowest BCUT2D eigenvalue weighted by molar-refractivity contribution is -0.122. The molecule has 3 saturated heterocycles. The number of piperazine rings is 2. The molecular formula is C47H59FN14O3. The van der Waals surface area contributed by atoms with Gasteiger partial charge in [0, 0.05) is 114 Å². The lowest BCUT2D eigenvalue weighted by Gasteiger charge is -2.36. The average Bonchev–Trinajstić information content (AvgIpc) is 3.85. The van der Waals surface area contributed by atoms with Gasteiger partial charge in [-0.2, -0.15) is 4.98 Å². The number of amides is 1. The molecule has 3 aliphatic heterocycles. The maximum absolute atomic E-state index is 13.9. The van der Waals surface area contributed by atoms with E-state index in [4.69, 9.17) is 4.98 Å². The Morgan fingerprint density at radius 1 is 0.785 bits per heavy atom. The smallest absolute Gasteiger partial charge is 0.263 e. The first-order valence-corrected chi connectivity index (χ1v) is 23.1. The van der Waals surface area contributed by atoms with E-state index in [1.165, 1.54) is 13.0 Å². The van der Waals surface area contributed by atoms with E-state index in [9.17, 15) is 18.8 Å². The predicted molar refractivity (Wildman–Crippen MR) is 251 cm³/mol. The normalized spacial score (nSPS) is 18.9. The minimum absolute atomic E-state index is 0.00503. The molecule has 4 aliphatic rings. The van der Waals surface area contributed by atoms with Gasteiger partial charge in [0.25, 0.3) is 5.56 Å². The van der Waals surface area contributed by atoms with Crippen molar-refractivity contribution in [2.45, 2.75) is 64.5 Å². The number of halogens is 1. The van der Waals surface area contributed by atoms with E-state index in [-0.39, 0.29) is 40.7 Å². The molecule has 0 radical (unpaired) electrons. The summed E-state index contributed by atoms with van der Waals surface area (Å²) in [4.78, 5) is 73.4. The van der Waals surface area contributed by atoms with Gasteiger partial charge in [-0.05, 0) is 75.4 Å². The van der Waals surface area contributed by atoms with Crippen molar-refractivity contribution in [2.75, 3.05) is 110 Å². The molecule has 18 heteroatoms. The van der Waals surface area contributed by atoms with Crippen molar-refractivity contribution in [3.8, 4) is 0 Å². The first-order chi connectivity index (χ1) is 31.6. The number of aromatic nitrogens is 6. The van der Waals surface area contributed by atoms with Crippen molar-refractivity contribution in [2.24, 2.45) is 0 Å². The maximum atomic E-state index is 13.9. The van der Waals surface area contributed by atoms with Gasteiger partial charge < -0.3 is 30.7 Å². The summed E-state index contributed by atoms with van der Waals surface area (Å²) in [6, 6.07) is 12.9. The fraction of sp³-hybridized carbons (Fsp3) is 0.489. The Morgan fingerprint density at radius 2 is 1.57 bits per heavy atom. The molecule has 0 spiro atoms. The van der Waals surface area contributed by atoms with Crippen molar-refractivity contribution >= 4 is 57.5 Å². The maximum Gasteiger partial charge on any atom is 0.263 e. The number of hydrogen-bond acceptors (Lipinski definition) is 15. The van der Waals surface area contributed by atoms with Gasteiger partial charge in [0.1, 0.15) is 35.2 Å². The summed E-state index contributed by atoms with van der Waals surface area (Å²) in [5.74, 6) is 2.20. The number of piperidine rings is 1. The molecule has 1 aromatic carbocycles. The van der Waals surface area contributed by atoms with Crippen LogP contribution in [0.5, 0.6) is 0 Å². The number of pyridine rings is 2. The molecule has 5 aromatic rings. The summed E-state index contributed by atoms with van der Waals surface area (Å²) in [5.41, 5.74) is 2.99. The lowest BCUT2D eigenvalue weighted by Crippen LogP contribution is -2.51. The van der Waals surface area contributed by atoms with E-state index < -0.39 is 0 Å². The number of benzene rings is 1. The second-order valence-electron chi connectivity index (χ2n) is 17.7. The number of carbonyl (C=O) groups excluding carboxylic acids is 2. The van der Waals surface area contributed by atoms with Crippen LogP contribution in [0.1, 0.15) is 67.4 Å². The number of hydrogen-bond donors (Lipinski definition) is 3. The Morgan fingerprint density at radius 3 is 2.32 bits per heavy atom. The van der Waals surface area contributed by atoms with E-state index in [1.54, 1.807) is 36.1 Å².